The lowest BCUT2D eigenvalue weighted by atomic mass is 9.99. The van der Waals surface area contributed by atoms with Crippen molar-refractivity contribution < 1.29 is 27.0 Å². The summed E-state index contributed by atoms with van der Waals surface area (Å²) in [6.07, 6.45) is -2.25. The second-order valence-corrected chi connectivity index (χ2v) is 6.37. The van der Waals surface area contributed by atoms with E-state index in [1.165, 1.54) is 30.5 Å². The van der Waals surface area contributed by atoms with Crippen LogP contribution in [0.15, 0.2) is 48.7 Å². The molecule has 8 heteroatoms. The standard InChI is InChI=1S/C20H14F4N2O2/c1-10-7-16-17(28-20(23,24)27-16)8-12(10)11-5-6-15(26-9-11)19(25)18-13(21)3-2-4-14(18)22/h2-9,19H,25H2,1H3. The van der Waals surface area contributed by atoms with Crippen molar-refractivity contribution >= 4 is 0 Å². The lowest BCUT2D eigenvalue weighted by Gasteiger charge is -2.14. The van der Waals surface area contributed by atoms with Crippen LogP contribution in [-0.2, 0) is 0 Å². The number of pyridine rings is 1. The smallest absolute Gasteiger partial charge is 0.395 e. The van der Waals surface area contributed by atoms with Gasteiger partial charge in [-0.1, -0.05) is 12.1 Å². The van der Waals surface area contributed by atoms with E-state index in [0.29, 0.717) is 16.7 Å². The van der Waals surface area contributed by atoms with E-state index < -0.39 is 24.0 Å². The SMILES string of the molecule is Cc1cc2c(cc1-c1ccc(C(N)c3c(F)cccc3F)nc1)OC(F)(F)O2. The van der Waals surface area contributed by atoms with Gasteiger partial charge in [0.1, 0.15) is 11.6 Å². The predicted octanol–water partition coefficient (Wildman–Crippen LogP) is 4.70. The van der Waals surface area contributed by atoms with Gasteiger partial charge in [0.15, 0.2) is 11.5 Å². The summed E-state index contributed by atoms with van der Waals surface area (Å²) in [7, 11) is 0. The van der Waals surface area contributed by atoms with Gasteiger partial charge in [-0.2, -0.15) is 0 Å². The molecule has 1 aliphatic heterocycles. The van der Waals surface area contributed by atoms with Crippen molar-refractivity contribution in [2.75, 3.05) is 0 Å². The molecule has 1 aromatic heterocycles. The van der Waals surface area contributed by atoms with Gasteiger partial charge in [-0.3, -0.25) is 4.98 Å². The van der Waals surface area contributed by atoms with E-state index in [1.807, 2.05) is 0 Å². The minimum atomic E-state index is -3.70. The summed E-state index contributed by atoms with van der Waals surface area (Å²) in [5.74, 6) is -1.65. The van der Waals surface area contributed by atoms with Crippen LogP contribution in [0.1, 0.15) is 22.9 Å². The molecule has 0 saturated heterocycles. The quantitative estimate of drug-likeness (QED) is 0.659. The molecular formula is C20H14F4N2O2. The van der Waals surface area contributed by atoms with Gasteiger partial charge in [-0.15, -0.1) is 8.78 Å². The molecule has 0 bridgehead atoms. The van der Waals surface area contributed by atoms with E-state index in [-0.39, 0.29) is 22.8 Å². The molecule has 0 aliphatic carbocycles. The summed E-state index contributed by atoms with van der Waals surface area (Å²) in [6, 6.07) is 8.46. The average molecular weight is 390 g/mol. The molecule has 1 aliphatic rings. The third-order valence-electron chi connectivity index (χ3n) is 4.47. The number of nitrogens with two attached hydrogens (primary N) is 1. The number of benzene rings is 2. The second kappa shape index (κ2) is 6.49. The van der Waals surface area contributed by atoms with Crippen molar-refractivity contribution in [2.24, 2.45) is 5.73 Å². The summed E-state index contributed by atoms with van der Waals surface area (Å²) >= 11 is 0. The first-order valence-corrected chi connectivity index (χ1v) is 8.31. The average Bonchev–Trinajstić information content (AvgIpc) is 2.93. The van der Waals surface area contributed by atoms with E-state index in [9.17, 15) is 17.6 Å². The highest BCUT2D eigenvalue weighted by atomic mass is 19.3. The van der Waals surface area contributed by atoms with Gasteiger partial charge >= 0.3 is 6.29 Å². The number of alkyl halides is 2. The molecule has 2 aromatic carbocycles. The monoisotopic (exact) mass is 390 g/mol. The van der Waals surface area contributed by atoms with Crippen LogP contribution in [0.5, 0.6) is 11.5 Å². The second-order valence-electron chi connectivity index (χ2n) is 6.37. The Morgan fingerprint density at radius 1 is 1.00 bits per heavy atom. The molecule has 4 rings (SSSR count). The van der Waals surface area contributed by atoms with Crippen LogP contribution >= 0.6 is 0 Å². The van der Waals surface area contributed by atoms with Gasteiger partial charge in [0, 0.05) is 17.3 Å². The molecule has 3 aromatic rings. The minimum absolute atomic E-state index is 0.0483. The maximum Gasteiger partial charge on any atom is 0.586 e. The first-order chi connectivity index (χ1) is 13.2. The number of fused-ring (bicyclic) bond motifs is 1. The fourth-order valence-corrected chi connectivity index (χ4v) is 3.11. The van der Waals surface area contributed by atoms with E-state index in [1.54, 1.807) is 13.0 Å². The van der Waals surface area contributed by atoms with Crippen LogP contribution in [-0.4, -0.2) is 11.3 Å². The maximum atomic E-state index is 13.9. The molecule has 0 fully saturated rings. The molecule has 0 amide bonds. The Morgan fingerprint density at radius 3 is 2.25 bits per heavy atom. The number of nitrogens with zero attached hydrogens (tertiary/aromatic N) is 1. The molecule has 28 heavy (non-hydrogen) atoms. The third kappa shape index (κ3) is 3.16. The minimum Gasteiger partial charge on any atom is -0.395 e. The predicted molar refractivity (Wildman–Crippen MR) is 93.0 cm³/mol. The Balaban J connectivity index is 1.66. The van der Waals surface area contributed by atoms with Crippen molar-refractivity contribution in [1.29, 1.82) is 0 Å². The van der Waals surface area contributed by atoms with Crippen LogP contribution < -0.4 is 15.2 Å². The van der Waals surface area contributed by atoms with Crippen LogP contribution in [0.2, 0.25) is 0 Å². The summed E-state index contributed by atoms with van der Waals surface area (Å²) in [6.45, 7) is 1.73. The maximum absolute atomic E-state index is 13.9. The molecule has 0 saturated carbocycles. The zero-order valence-corrected chi connectivity index (χ0v) is 14.5. The summed E-state index contributed by atoms with van der Waals surface area (Å²) in [4.78, 5) is 4.20. The number of aromatic nitrogens is 1. The first kappa shape index (κ1) is 18.2. The van der Waals surface area contributed by atoms with Gasteiger partial charge in [0.25, 0.3) is 0 Å². The van der Waals surface area contributed by atoms with E-state index in [2.05, 4.69) is 14.5 Å². The van der Waals surface area contributed by atoms with E-state index in [0.717, 1.165) is 12.1 Å². The Hall–Kier alpha value is -3.13. The third-order valence-corrected chi connectivity index (χ3v) is 4.47. The van der Waals surface area contributed by atoms with Crippen LogP contribution in [0.3, 0.4) is 0 Å². The zero-order valence-electron chi connectivity index (χ0n) is 14.5. The zero-order chi connectivity index (χ0) is 20.1. The largest absolute Gasteiger partial charge is 0.586 e. The molecule has 4 nitrogen and oxygen atoms in total. The molecule has 2 heterocycles. The van der Waals surface area contributed by atoms with Gasteiger partial charge in [-0.25, -0.2) is 8.78 Å². The highest BCUT2D eigenvalue weighted by molar-refractivity contribution is 5.71. The Kier molecular flexibility index (Phi) is 4.23. The van der Waals surface area contributed by atoms with Crippen LogP contribution in [0.25, 0.3) is 11.1 Å². The van der Waals surface area contributed by atoms with Gasteiger partial charge < -0.3 is 15.2 Å². The van der Waals surface area contributed by atoms with Crippen molar-refractivity contribution in [3.05, 3.63) is 77.1 Å². The number of hydrogen-bond acceptors (Lipinski definition) is 4. The van der Waals surface area contributed by atoms with Crippen molar-refractivity contribution in [3.8, 4) is 22.6 Å². The highest BCUT2D eigenvalue weighted by Gasteiger charge is 2.43. The van der Waals surface area contributed by atoms with Gasteiger partial charge in [0.05, 0.1) is 11.7 Å². The highest BCUT2D eigenvalue weighted by Crippen LogP contribution is 2.44. The van der Waals surface area contributed by atoms with Crippen molar-refractivity contribution in [2.45, 2.75) is 19.3 Å². The molecule has 1 atom stereocenters. The van der Waals surface area contributed by atoms with E-state index in [4.69, 9.17) is 5.73 Å². The molecule has 2 N–H and O–H groups in total. The molecule has 0 spiro atoms. The fraction of sp³-hybridized carbons (Fsp3) is 0.150. The number of halogens is 4. The molecule has 1 unspecified atom stereocenters. The van der Waals surface area contributed by atoms with Crippen molar-refractivity contribution in [3.63, 3.8) is 0 Å². The summed E-state index contributed by atoms with van der Waals surface area (Å²) < 4.78 is 63.3. The number of aryl methyl sites for hydroxylation is 1. The molecule has 0 radical (unpaired) electrons. The fourth-order valence-electron chi connectivity index (χ4n) is 3.11. The Bertz CT molecular complexity index is 1030. The van der Waals surface area contributed by atoms with E-state index >= 15 is 0 Å². The van der Waals surface area contributed by atoms with Crippen molar-refractivity contribution in [1.82, 2.24) is 4.98 Å². The molecule has 144 valence electrons. The number of ether oxygens (including phenoxy) is 2. The number of hydrogen-bond donors (Lipinski definition) is 1. The lowest BCUT2D eigenvalue weighted by molar-refractivity contribution is -0.286. The van der Waals surface area contributed by atoms with Gasteiger partial charge in [0.2, 0.25) is 0 Å². The Morgan fingerprint density at radius 2 is 1.64 bits per heavy atom. The topological polar surface area (TPSA) is 57.4 Å². The number of rotatable bonds is 3. The van der Waals surface area contributed by atoms with Gasteiger partial charge in [-0.05, 0) is 48.4 Å². The normalized spacial score (nSPS) is 15.5. The summed E-state index contributed by atoms with van der Waals surface area (Å²) in [5.41, 5.74) is 7.83. The summed E-state index contributed by atoms with van der Waals surface area (Å²) in [5, 5.41) is 0. The van der Waals surface area contributed by atoms with Crippen LogP contribution in [0.4, 0.5) is 17.6 Å². The molecular weight excluding hydrogens is 376 g/mol. The lowest BCUT2D eigenvalue weighted by Crippen LogP contribution is -2.25. The van der Waals surface area contributed by atoms with Crippen LogP contribution in [0, 0.1) is 18.6 Å². The first-order valence-electron chi connectivity index (χ1n) is 8.31. The Labute approximate surface area is 157 Å².